The van der Waals surface area contributed by atoms with Crippen molar-refractivity contribution in [3.05, 3.63) is 99.9 Å². The average molecular weight is 413 g/mol. The number of hydrogen-bond donors (Lipinski definition) is 1. The van der Waals surface area contributed by atoms with Gasteiger partial charge in [-0.1, -0.05) is 24.3 Å². The van der Waals surface area contributed by atoms with Crippen LogP contribution in [0.15, 0.2) is 82.0 Å². The number of benzene rings is 3. The van der Waals surface area contributed by atoms with Crippen molar-refractivity contribution in [2.75, 3.05) is 11.5 Å². The number of aromatic hydroxyl groups is 1. The molecular weight excluding hydrogens is 394 g/mol. The van der Waals surface area contributed by atoms with E-state index in [1.807, 2.05) is 6.92 Å². The van der Waals surface area contributed by atoms with Crippen molar-refractivity contribution in [3.8, 4) is 11.5 Å². The van der Waals surface area contributed by atoms with Crippen LogP contribution in [0.3, 0.4) is 0 Å². The molecule has 0 bridgehead atoms. The van der Waals surface area contributed by atoms with Crippen molar-refractivity contribution < 1.29 is 19.1 Å². The molecule has 1 N–H and O–H groups in total. The van der Waals surface area contributed by atoms with Crippen LogP contribution >= 0.6 is 0 Å². The number of carbonyl (C=O) groups is 1. The van der Waals surface area contributed by atoms with Crippen LogP contribution in [0.25, 0.3) is 11.0 Å². The maximum absolute atomic E-state index is 13.5. The molecule has 1 aliphatic heterocycles. The minimum absolute atomic E-state index is 0.0376. The fraction of sp³-hybridized carbons (Fsp3) is 0.120. The minimum Gasteiger partial charge on any atom is -0.508 e. The largest absolute Gasteiger partial charge is 0.508 e. The van der Waals surface area contributed by atoms with Gasteiger partial charge in [0, 0.05) is 5.69 Å². The molecule has 3 aromatic carbocycles. The molecule has 5 rings (SSSR count). The molecule has 4 aromatic rings. The maximum atomic E-state index is 13.5. The highest BCUT2D eigenvalue weighted by Crippen LogP contribution is 2.41. The van der Waals surface area contributed by atoms with Gasteiger partial charge in [-0.05, 0) is 61.0 Å². The summed E-state index contributed by atoms with van der Waals surface area (Å²) in [5, 5.41) is 10.2. The highest BCUT2D eigenvalue weighted by Gasteiger charge is 2.43. The second-order valence-electron chi connectivity index (χ2n) is 7.27. The molecular formula is C25H19NO5. The molecule has 0 saturated heterocycles. The van der Waals surface area contributed by atoms with E-state index in [0.29, 0.717) is 40.1 Å². The number of fused-ring (bicyclic) bond motifs is 2. The third-order valence-electron chi connectivity index (χ3n) is 5.41. The molecule has 0 saturated carbocycles. The Balaban J connectivity index is 1.74. The first-order valence-electron chi connectivity index (χ1n) is 9.99. The summed E-state index contributed by atoms with van der Waals surface area (Å²) in [6.45, 7) is 2.44. The number of anilines is 1. The lowest BCUT2D eigenvalue weighted by Crippen LogP contribution is -2.29. The summed E-state index contributed by atoms with van der Waals surface area (Å²) >= 11 is 0. The summed E-state index contributed by atoms with van der Waals surface area (Å²) in [5.74, 6) is 0.443. The summed E-state index contributed by atoms with van der Waals surface area (Å²) in [7, 11) is 0. The van der Waals surface area contributed by atoms with Gasteiger partial charge < -0.3 is 14.3 Å². The molecule has 1 aromatic heterocycles. The zero-order chi connectivity index (χ0) is 21.5. The Morgan fingerprint density at radius 3 is 2.39 bits per heavy atom. The quantitative estimate of drug-likeness (QED) is 0.527. The van der Waals surface area contributed by atoms with Gasteiger partial charge in [0.1, 0.15) is 17.1 Å². The second kappa shape index (κ2) is 7.32. The molecule has 31 heavy (non-hydrogen) atoms. The molecule has 6 nitrogen and oxygen atoms in total. The van der Waals surface area contributed by atoms with Crippen molar-refractivity contribution in [2.24, 2.45) is 0 Å². The molecule has 0 fully saturated rings. The van der Waals surface area contributed by atoms with E-state index >= 15 is 0 Å². The van der Waals surface area contributed by atoms with E-state index in [1.165, 1.54) is 12.1 Å². The summed E-state index contributed by atoms with van der Waals surface area (Å²) in [5.41, 5.74) is 1.74. The molecule has 0 radical (unpaired) electrons. The smallest absolute Gasteiger partial charge is 0.295 e. The lowest BCUT2D eigenvalue weighted by Gasteiger charge is -2.25. The van der Waals surface area contributed by atoms with Gasteiger partial charge in [0.15, 0.2) is 5.43 Å². The van der Waals surface area contributed by atoms with E-state index in [0.717, 1.165) is 0 Å². The van der Waals surface area contributed by atoms with Crippen LogP contribution in [0.1, 0.15) is 34.6 Å². The van der Waals surface area contributed by atoms with Crippen molar-refractivity contribution >= 4 is 22.6 Å². The van der Waals surface area contributed by atoms with Crippen LogP contribution in [-0.4, -0.2) is 17.6 Å². The van der Waals surface area contributed by atoms with Gasteiger partial charge in [-0.2, -0.15) is 0 Å². The number of hydrogen-bond acceptors (Lipinski definition) is 5. The van der Waals surface area contributed by atoms with Gasteiger partial charge in [0.2, 0.25) is 5.76 Å². The summed E-state index contributed by atoms with van der Waals surface area (Å²) < 4.78 is 11.4. The van der Waals surface area contributed by atoms with Crippen LogP contribution in [0.5, 0.6) is 11.5 Å². The Bertz CT molecular complexity index is 1340. The summed E-state index contributed by atoms with van der Waals surface area (Å²) in [6.07, 6.45) is 0. The molecule has 154 valence electrons. The Morgan fingerprint density at radius 2 is 1.68 bits per heavy atom. The van der Waals surface area contributed by atoms with Crippen LogP contribution < -0.4 is 15.1 Å². The molecule has 2 heterocycles. The Hall–Kier alpha value is -4.06. The predicted octanol–water partition coefficient (Wildman–Crippen LogP) is 4.65. The number of amides is 1. The van der Waals surface area contributed by atoms with Crippen molar-refractivity contribution in [1.29, 1.82) is 0 Å². The number of carbonyl (C=O) groups excluding carboxylic acids is 1. The van der Waals surface area contributed by atoms with Crippen LogP contribution in [0.4, 0.5) is 5.69 Å². The first-order chi connectivity index (χ1) is 15.1. The van der Waals surface area contributed by atoms with Gasteiger partial charge in [0.05, 0.1) is 23.6 Å². The zero-order valence-electron chi connectivity index (χ0n) is 16.7. The number of ether oxygens (including phenoxy) is 1. The van der Waals surface area contributed by atoms with Crippen molar-refractivity contribution in [2.45, 2.75) is 13.0 Å². The van der Waals surface area contributed by atoms with E-state index in [-0.39, 0.29) is 22.8 Å². The number of nitrogens with zero attached hydrogens (tertiary/aromatic N) is 1. The standard InChI is InChI=1S/C25H19NO5/c1-2-30-18-13-9-16(10-14-18)26-22(15-7-11-17(27)12-8-15)21-23(28)19-5-3-4-6-20(19)31-24(21)25(26)29/h3-14,22,27H,2H2,1H3. The van der Waals surface area contributed by atoms with E-state index in [2.05, 4.69) is 0 Å². The molecule has 6 heteroatoms. The van der Waals surface area contributed by atoms with Gasteiger partial charge >= 0.3 is 0 Å². The average Bonchev–Trinajstić information content (AvgIpc) is 3.08. The van der Waals surface area contributed by atoms with E-state index in [4.69, 9.17) is 9.15 Å². The highest BCUT2D eigenvalue weighted by atomic mass is 16.5. The van der Waals surface area contributed by atoms with E-state index in [9.17, 15) is 14.7 Å². The monoisotopic (exact) mass is 413 g/mol. The predicted molar refractivity (Wildman–Crippen MR) is 117 cm³/mol. The highest BCUT2D eigenvalue weighted by molar-refractivity contribution is 6.10. The first-order valence-corrected chi connectivity index (χ1v) is 9.99. The van der Waals surface area contributed by atoms with Gasteiger partial charge in [-0.3, -0.25) is 14.5 Å². The second-order valence-corrected chi connectivity index (χ2v) is 7.27. The van der Waals surface area contributed by atoms with Gasteiger partial charge in [-0.15, -0.1) is 0 Å². The first kappa shape index (κ1) is 18.9. The third kappa shape index (κ3) is 3.04. The van der Waals surface area contributed by atoms with Crippen LogP contribution in [-0.2, 0) is 0 Å². The van der Waals surface area contributed by atoms with Crippen molar-refractivity contribution in [3.63, 3.8) is 0 Å². The fourth-order valence-corrected chi connectivity index (χ4v) is 4.03. The zero-order valence-corrected chi connectivity index (χ0v) is 16.7. The van der Waals surface area contributed by atoms with E-state index in [1.54, 1.807) is 65.6 Å². The molecule has 1 aliphatic rings. The third-order valence-corrected chi connectivity index (χ3v) is 5.41. The van der Waals surface area contributed by atoms with Crippen LogP contribution in [0.2, 0.25) is 0 Å². The number of phenolic OH excluding ortho intramolecular Hbond substituents is 1. The lowest BCUT2D eigenvalue weighted by atomic mass is 9.98. The summed E-state index contributed by atoms with van der Waals surface area (Å²) in [6, 6.07) is 19.9. The summed E-state index contributed by atoms with van der Waals surface area (Å²) in [4.78, 5) is 28.4. The van der Waals surface area contributed by atoms with Gasteiger partial charge in [-0.25, -0.2) is 0 Å². The number of phenols is 1. The molecule has 1 unspecified atom stereocenters. The molecule has 0 aliphatic carbocycles. The number of para-hydroxylation sites is 1. The SMILES string of the molecule is CCOc1ccc(N2C(=O)c3oc4ccccc4c(=O)c3C2c2ccc(O)cc2)cc1. The normalized spacial score (nSPS) is 15.3. The maximum Gasteiger partial charge on any atom is 0.295 e. The Morgan fingerprint density at radius 1 is 0.968 bits per heavy atom. The molecule has 1 amide bonds. The Kier molecular flexibility index (Phi) is 4.47. The molecule has 0 spiro atoms. The number of rotatable bonds is 4. The van der Waals surface area contributed by atoms with Gasteiger partial charge in [0.25, 0.3) is 5.91 Å². The minimum atomic E-state index is -0.679. The Labute approximate surface area is 177 Å². The molecule has 1 atom stereocenters. The topological polar surface area (TPSA) is 80.0 Å². The lowest BCUT2D eigenvalue weighted by molar-refractivity contribution is 0.0971. The fourth-order valence-electron chi connectivity index (χ4n) is 4.03. The van der Waals surface area contributed by atoms with Crippen molar-refractivity contribution in [1.82, 2.24) is 0 Å². The van der Waals surface area contributed by atoms with E-state index < -0.39 is 6.04 Å². The van der Waals surface area contributed by atoms with Crippen LogP contribution in [0, 0.1) is 0 Å².